The lowest BCUT2D eigenvalue weighted by molar-refractivity contribution is 0.601. The summed E-state index contributed by atoms with van der Waals surface area (Å²) in [5.41, 5.74) is 1.52. The standard InChI is InChI=1S/C16H10F2N2/c17-14-3-2-12-5-6-20(16(12)8-14)10-13-7-11(9-19)1-4-15(13)18/h1-8H,10H2. The predicted molar refractivity (Wildman–Crippen MR) is 72.1 cm³/mol. The van der Waals surface area contributed by atoms with Crippen LogP contribution in [-0.4, -0.2) is 4.57 Å². The van der Waals surface area contributed by atoms with E-state index in [4.69, 9.17) is 5.26 Å². The van der Waals surface area contributed by atoms with Crippen molar-refractivity contribution in [1.82, 2.24) is 4.57 Å². The zero-order valence-electron chi connectivity index (χ0n) is 10.5. The van der Waals surface area contributed by atoms with E-state index in [1.165, 1.54) is 30.3 Å². The van der Waals surface area contributed by atoms with Crippen molar-refractivity contribution in [2.45, 2.75) is 6.54 Å². The van der Waals surface area contributed by atoms with Crippen LogP contribution in [0, 0.1) is 23.0 Å². The summed E-state index contributed by atoms with van der Waals surface area (Å²) in [7, 11) is 0. The highest BCUT2D eigenvalue weighted by atomic mass is 19.1. The summed E-state index contributed by atoms with van der Waals surface area (Å²) in [6, 6.07) is 12.6. The molecule has 2 aromatic carbocycles. The molecule has 1 aromatic heterocycles. The van der Waals surface area contributed by atoms with E-state index in [9.17, 15) is 8.78 Å². The molecule has 0 fully saturated rings. The molecule has 3 aromatic rings. The SMILES string of the molecule is N#Cc1ccc(F)c(Cn2ccc3ccc(F)cc32)c1. The van der Waals surface area contributed by atoms with Gasteiger partial charge in [0.05, 0.1) is 23.7 Å². The van der Waals surface area contributed by atoms with Gasteiger partial charge >= 0.3 is 0 Å². The second-order valence-corrected chi connectivity index (χ2v) is 4.56. The summed E-state index contributed by atoms with van der Waals surface area (Å²) in [5, 5.41) is 9.75. The van der Waals surface area contributed by atoms with E-state index < -0.39 is 0 Å². The van der Waals surface area contributed by atoms with Gasteiger partial charge in [0.15, 0.2) is 0 Å². The van der Waals surface area contributed by atoms with Crippen molar-refractivity contribution in [2.75, 3.05) is 0 Å². The van der Waals surface area contributed by atoms with Gasteiger partial charge in [0, 0.05) is 11.8 Å². The van der Waals surface area contributed by atoms with Crippen molar-refractivity contribution in [3.8, 4) is 6.07 Å². The number of nitrogens with zero attached hydrogens (tertiary/aromatic N) is 2. The van der Waals surface area contributed by atoms with Crippen LogP contribution in [0.3, 0.4) is 0 Å². The average Bonchev–Trinajstić information content (AvgIpc) is 2.84. The summed E-state index contributed by atoms with van der Waals surface area (Å²) in [5.74, 6) is -0.703. The first-order chi connectivity index (χ1) is 9.67. The molecule has 0 aliphatic rings. The third-order valence-electron chi connectivity index (χ3n) is 3.25. The molecular formula is C16H10F2N2. The van der Waals surface area contributed by atoms with Gasteiger partial charge in [0.25, 0.3) is 0 Å². The van der Waals surface area contributed by atoms with Gasteiger partial charge in [-0.2, -0.15) is 5.26 Å². The number of rotatable bonds is 2. The van der Waals surface area contributed by atoms with E-state index in [0.717, 1.165) is 5.39 Å². The molecular weight excluding hydrogens is 258 g/mol. The molecule has 0 spiro atoms. The molecule has 0 amide bonds. The molecule has 0 unspecified atom stereocenters. The first-order valence-electron chi connectivity index (χ1n) is 6.10. The van der Waals surface area contributed by atoms with Crippen molar-refractivity contribution in [2.24, 2.45) is 0 Å². The molecule has 3 rings (SSSR count). The van der Waals surface area contributed by atoms with Gasteiger partial charge in [-0.1, -0.05) is 0 Å². The van der Waals surface area contributed by atoms with Gasteiger partial charge in [0.2, 0.25) is 0 Å². The quantitative estimate of drug-likeness (QED) is 0.694. The molecule has 0 saturated heterocycles. The van der Waals surface area contributed by atoms with Gasteiger partial charge in [-0.3, -0.25) is 0 Å². The molecule has 0 saturated carbocycles. The topological polar surface area (TPSA) is 28.7 Å². The predicted octanol–water partition coefficient (Wildman–Crippen LogP) is 3.84. The second kappa shape index (κ2) is 4.78. The van der Waals surface area contributed by atoms with E-state index in [2.05, 4.69) is 0 Å². The molecule has 0 N–H and O–H groups in total. The minimum absolute atomic E-state index is 0.258. The Labute approximate surface area is 114 Å². The summed E-state index contributed by atoms with van der Waals surface area (Å²) < 4.78 is 28.8. The molecule has 0 bridgehead atoms. The fourth-order valence-electron chi connectivity index (χ4n) is 2.24. The Morgan fingerprint density at radius 2 is 1.90 bits per heavy atom. The molecule has 0 atom stereocenters. The third kappa shape index (κ3) is 2.14. The lowest BCUT2D eigenvalue weighted by Crippen LogP contribution is -2.01. The van der Waals surface area contributed by atoms with Crippen LogP contribution in [0.5, 0.6) is 0 Å². The number of halogens is 2. The molecule has 2 nitrogen and oxygen atoms in total. The van der Waals surface area contributed by atoms with Crippen molar-refractivity contribution in [3.63, 3.8) is 0 Å². The van der Waals surface area contributed by atoms with E-state index in [0.29, 0.717) is 16.6 Å². The fourth-order valence-corrected chi connectivity index (χ4v) is 2.24. The highest BCUT2D eigenvalue weighted by Gasteiger charge is 2.07. The Hall–Kier alpha value is -2.67. The van der Waals surface area contributed by atoms with Crippen LogP contribution in [0.25, 0.3) is 10.9 Å². The Bertz CT molecular complexity index is 828. The minimum atomic E-state index is -0.373. The Morgan fingerprint density at radius 1 is 1.05 bits per heavy atom. The van der Waals surface area contributed by atoms with Crippen molar-refractivity contribution in [1.29, 1.82) is 5.26 Å². The highest BCUT2D eigenvalue weighted by Crippen LogP contribution is 2.20. The van der Waals surface area contributed by atoms with E-state index in [1.54, 1.807) is 16.8 Å². The zero-order chi connectivity index (χ0) is 14.1. The number of hydrogen-bond donors (Lipinski definition) is 0. The van der Waals surface area contributed by atoms with Crippen LogP contribution < -0.4 is 0 Å². The van der Waals surface area contributed by atoms with Crippen LogP contribution in [0.4, 0.5) is 8.78 Å². The number of nitriles is 1. The summed E-state index contributed by atoms with van der Waals surface area (Å²) in [6.45, 7) is 0.258. The lowest BCUT2D eigenvalue weighted by atomic mass is 10.1. The normalized spacial score (nSPS) is 10.7. The summed E-state index contributed by atoms with van der Waals surface area (Å²) in [6.07, 6.45) is 1.78. The number of hydrogen-bond acceptors (Lipinski definition) is 1. The third-order valence-corrected chi connectivity index (χ3v) is 3.25. The van der Waals surface area contributed by atoms with Crippen LogP contribution in [0.2, 0.25) is 0 Å². The van der Waals surface area contributed by atoms with Crippen molar-refractivity contribution in [3.05, 3.63) is 71.4 Å². The first-order valence-corrected chi connectivity index (χ1v) is 6.10. The van der Waals surface area contributed by atoms with Crippen LogP contribution >= 0.6 is 0 Å². The van der Waals surface area contributed by atoms with Crippen LogP contribution in [-0.2, 0) is 6.54 Å². The zero-order valence-corrected chi connectivity index (χ0v) is 10.5. The van der Waals surface area contributed by atoms with Crippen molar-refractivity contribution < 1.29 is 8.78 Å². The van der Waals surface area contributed by atoms with Gasteiger partial charge in [-0.15, -0.1) is 0 Å². The highest BCUT2D eigenvalue weighted by molar-refractivity contribution is 5.80. The van der Waals surface area contributed by atoms with Crippen LogP contribution in [0.1, 0.15) is 11.1 Å². The van der Waals surface area contributed by atoms with E-state index in [1.807, 2.05) is 12.1 Å². The van der Waals surface area contributed by atoms with Crippen LogP contribution in [0.15, 0.2) is 48.7 Å². The van der Waals surface area contributed by atoms with Crippen molar-refractivity contribution >= 4 is 10.9 Å². The van der Waals surface area contributed by atoms with E-state index in [-0.39, 0.29) is 18.2 Å². The smallest absolute Gasteiger partial charge is 0.128 e. The second-order valence-electron chi connectivity index (χ2n) is 4.56. The lowest BCUT2D eigenvalue weighted by Gasteiger charge is -2.07. The molecule has 0 radical (unpaired) electrons. The Morgan fingerprint density at radius 3 is 2.70 bits per heavy atom. The molecule has 98 valence electrons. The fraction of sp³-hybridized carbons (Fsp3) is 0.0625. The summed E-state index contributed by atoms with van der Waals surface area (Å²) in [4.78, 5) is 0. The van der Waals surface area contributed by atoms with E-state index >= 15 is 0 Å². The molecule has 1 heterocycles. The maximum atomic E-state index is 13.8. The number of fused-ring (bicyclic) bond motifs is 1. The van der Waals surface area contributed by atoms with Gasteiger partial charge in [-0.25, -0.2) is 8.78 Å². The van der Waals surface area contributed by atoms with Gasteiger partial charge < -0.3 is 4.57 Å². The summed E-state index contributed by atoms with van der Waals surface area (Å²) >= 11 is 0. The largest absolute Gasteiger partial charge is 0.343 e. The molecule has 4 heteroatoms. The Kier molecular flexibility index (Phi) is 2.96. The Balaban J connectivity index is 2.05. The number of benzene rings is 2. The minimum Gasteiger partial charge on any atom is -0.343 e. The van der Waals surface area contributed by atoms with Gasteiger partial charge in [-0.05, 0) is 47.9 Å². The van der Waals surface area contributed by atoms with Gasteiger partial charge in [0.1, 0.15) is 11.6 Å². The average molecular weight is 268 g/mol. The number of aromatic nitrogens is 1. The maximum Gasteiger partial charge on any atom is 0.128 e. The monoisotopic (exact) mass is 268 g/mol. The maximum absolute atomic E-state index is 13.8. The molecule has 0 aliphatic heterocycles. The first kappa shape index (κ1) is 12.4. The molecule has 0 aliphatic carbocycles. The molecule has 20 heavy (non-hydrogen) atoms.